The molecule has 10 heteroatoms. The Balaban J connectivity index is 1.69. The number of rotatable bonds is 6. The molecule has 1 aliphatic rings. The first-order valence-electron chi connectivity index (χ1n) is 8.93. The summed E-state index contributed by atoms with van der Waals surface area (Å²) < 4.78 is 0. The third kappa shape index (κ3) is 5.13. The van der Waals surface area contributed by atoms with E-state index in [-0.39, 0.29) is 23.5 Å². The number of amidine groups is 1. The molecule has 0 aliphatic carbocycles. The van der Waals surface area contributed by atoms with E-state index < -0.39 is 5.91 Å². The number of Topliss-reactive ketones (excluding diaryl/α,β-unsaturated/α-hetero) is 1. The molecule has 2 amide bonds. The number of carbonyl (C=O) groups is 3. The van der Waals surface area contributed by atoms with Gasteiger partial charge in [0.2, 0.25) is 5.91 Å². The Labute approximate surface area is 187 Å². The molecule has 0 radical (unpaired) electrons. The molecule has 1 aliphatic heterocycles. The van der Waals surface area contributed by atoms with Crippen molar-refractivity contribution in [1.29, 1.82) is 0 Å². The van der Waals surface area contributed by atoms with Crippen LogP contribution in [0, 0.1) is 0 Å². The fourth-order valence-corrected chi connectivity index (χ4v) is 3.93. The van der Waals surface area contributed by atoms with E-state index >= 15 is 0 Å². The maximum Gasteiger partial charge on any atom is 0.259 e. The SMILES string of the molecule is CC(=O)c1ccc(N2C(=O)[C@H](C)S/C2=N/NC(=O)CNc2cc(Cl)ccc2Cl)cc1. The Morgan fingerprint density at radius 1 is 1.17 bits per heavy atom. The van der Waals surface area contributed by atoms with Crippen molar-refractivity contribution in [3.63, 3.8) is 0 Å². The van der Waals surface area contributed by atoms with Crippen LogP contribution in [0.3, 0.4) is 0 Å². The standard InChI is InChI=1S/C20H18Cl2N4O3S/c1-11(27)13-3-6-15(7-4-13)26-19(29)12(2)30-20(26)25-24-18(28)10-23-17-9-14(21)5-8-16(17)22/h3-9,12,23H,10H2,1-2H3,(H,24,28)/b25-20+/t12-/m0/s1. The zero-order valence-electron chi connectivity index (χ0n) is 16.1. The lowest BCUT2D eigenvalue weighted by Crippen LogP contribution is -2.34. The van der Waals surface area contributed by atoms with Crippen molar-refractivity contribution in [2.45, 2.75) is 19.1 Å². The summed E-state index contributed by atoms with van der Waals surface area (Å²) in [4.78, 5) is 37.6. The lowest BCUT2D eigenvalue weighted by Gasteiger charge is -2.16. The highest BCUT2D eigenvalue weighted by Crippen LogP contribution is 2.31. The van der Waals surface area contributed by atoms with E-state index in [1.54, 1.807) is 49.4 Å². The summed E-state index contributed by atoms with van der Waals surface area (Å²) in [6.45, 7) is 3.15. The summed E-state index contributed by atoms with van der Waals surface area (Å²) >= 11 is 13.2. The van der Waals surface area contributed by atoms with Gasteiger partial charge in [-0.15, -0.1) is 5.10 Å². The van der Waals surface area contributed by atoms with Gasteiger partial charge in [0.25, 0.3) is 5.91 Å². The van der Waals surface area contributed by atoms with Crippen LogP contribution >= 0.6 is 35.0 Å². The lowest BCUT2D eigenvalue weighted by atomic mass is 10.1. The van der Waals surface area contributed by atoms with Crippen LogP contribution < -0.4 is 15.6 Å². The van der Waals surface area contributed by atoms with Gasteiger partial charge in [-0.1, -0.05) is 35.0 Å². The van der Waals surface area contributed by atoms with E-state index in [0.717, 1.165) is 0 Å². The molecular formula is C20H18Cl2N4O3S. The number of carbonyl (C=O) groups excluding carboxylic acids is 3. The Hall–Kier alpha value is -2.55. The summed E-state index contributed by atoms with van der Waals surface area (Å²) in [5, 5.41) is 7.92. The summed E-state index contributed by atoms with van der Waals surface area (Å²) in [5.41, 5.74) is 4.08. The number of nitrogens with zero attached hydrogens (tertiary/aromatic N) is 2. The van der Waals surface area contributed by atoms with E-state index in [1.165, 1.54) is 23.6 Å². The molecule has 2 aromatic rings. The zero-order chi connectivity index (χ0) is 21.8. The predicted molar refractivity (Wildman–Crippen MR) is 122 cm³/mol. The van der Waals surface area contributed by atoms with Crippen molar-refractivity contribution in [3.8, 4) is 0 Å². The first-order chi connectivity index (χ1) is 14.3. The van der Waals surface area contributed by atoms with E-state index in [2.05, 4.69) is 15.8 Å². The average Bonchev–Trinajstić information content (AvgIpc) is 3.00. The predicted octanol–water partition coefficient (Wildman–Crippen LogP) is 4.16. The fourth-order valence-electron chi connectivity index (χ4n) is 2.65. The number of amides is 2. The summed E-state index contributed by atoms with van der Waals surface area (Å²) in [6, 6.07) is 11.5. The van der Waals surface area contributed by atoms with Crippen LogP contribution in [0.5, 0.6) is 0 Å². The van der Waals surface area contributed by atoms with Gasteiger partial charge in [0.05, 0.1) is 28.2 Å². The molecule has 0 unspecified atom stereocenters. The molecule has 30 heavy (non-hydrogen) atoms. The molecule has 1 fully saturated rings. The summed E-state index contributed by atoms with van der Waals surface area (Å²) in [6.07, 6.45) is 0. The van der Waals surface area contributed by atoms with Gasteiger partial charge in [0, 0.05) is 10.6 Å². The van der Waals surface area contributed by atoms with Gasteiger partial charge in [0.15, 0.2) is 11.0 Å². The number of nitrogens with one attached hydrogen (secondary N) is 2. The highest BCUT2D eigenvalue weighted by atomic mass is 35.5. The van der Waals surface area contributed by atoms with Crippen LogP contribution in [0.25, 0.3) is 0 Å². The third-order valence-electron chi connectivity index (χ3n) is 4.22. The highest BCUT2D eigenvalue weighted by molar-refractivity contribution is 8.16. The smallest absolute Gasteiger partial charge is 0.259 e. The average molecular weight is 465 g/mol. The quantitative estimate of drug-likeness (QED) is 0.494. The molecule has 0 aromatic heterocycles. The van der Waals surface area contributed by atoms with Gasteiger partial charge in [0.1, 0.15) is 0 Å². The Morgan fingerprint density at radius 2 is 1.87 bits per heavy atom. The fraction of sp³-hybridized carbons (Fsp3) is 0.200. The van der Waals surface area contributed by atoms with Gasteiger partial charge in [-0.2, -0.15) is 0 Å². The number of hydrazone groups is 1. The molecule has 2 aromatic carbocycles. The molecule has 1 saturated heterocycles. The summed E-state index contributed by atoms with van der Waals surface area (Å²) in [5.74, 6) is -0.643. The largest absolute Gasteiger partial charge is 0.375 e. The topological polar surface area (TPSA) is 90.9 Å². The van der Waals surface area contributed by atoms with Gasteiger partial charge in [-0.3, -0.25) is 19.3 Å². The Morgan fingerprint density at radius 3 is 2.53 bits per heavy atom. The van der Waals surface area contributed by atoms with Gasteiger partial charge >= 0.3 is 0 Å². The molecular weight excluding hydrogens is 447 g/mol. The number of hydrogen-bond acceptors (Lipinski definition) is 6. The Bertz CT molecular complexity index is 1030. The minimum Gasteiger partial charge on any atom is -0.375 e. The van der Waals surface area contributed by atoms with Crippen molar-refractivity contribution < 1.29 is 14.4 Å². The number of thioether (sulfide) groups is 1. The van der Waals surface area contributed by atoms with E-state index in [4.69, 9.17) is 23.2 Å². The number of anilines is 2. The van der Waals surface area contributed by atoms with Crippen molar-refractivity contribution in [1.82, 2.24) is 5.43 Å². The third-order valence-corrected chi connectivity index (χ3v) is 5.82. The molecule has 7 nitrogen and oxygen atoms in total. The number of hydrogen-bond donors (Lipinski definition) is 2. The minimum atomic E-state index is -0.418. The molecule has 1 heterocycles. The summed E-state index contributed by atoms with van der Waals surface area (Å²) in [7, 11) is 0. The van der Waals surface area contributed by atoms with E-state index in [9.17, 15) is 14.4 Å². The molecule has 0 spiro atoms. The second kappa shape index (κ2) is 9.51. The monoisotopic (exact) mass is 464 g/mol. The van der Waals surface area contributed by atoms with Crippen molar-refractivity contribution in [2.75, 3.05) is 16.8 Å². The molecule has 3 rings (SSSR count). The first kappa shape index (κ1) is 22.1. The number of halogens is 2. The van der Waals surface area contributed by atoms with Crippen molar-refractivity contribution in [2.24, 2.45) is 5.10 Å². The molecule has 2 N–H and O–H groups in total. The number of benzene rings is 2. The molecule has 156 valence electrons. The minimum absolute atomic E-state index is 0.0643. The van der Waals surface area contributed by atoms with Crippen molar-refractivity contribution in [3.05, 3.63) is 58.1 Å². The van der Waals surface area contributed by atoms with E-state index in [0.29, 0.717) is 32.2 Å². The zero-order valence-corrected chi connectivity index (χ0v) is 18.4. The van der Waals surface area contributed by atoms with Gasteiger partial charge in [-0.25, -0.2) is 5.43 Å². The van der Waals surface area contributed by atoms with Crippen LogP contribution in [0.4, 0.5) is 11.4 Å². The van der Waals surface area contributed by atoms with Gasteiger partial charge in [-0.05, 0) is 56.3 Å². The van der Waals surface area contributed by atoms with Gasteiger partial charge < -0.3 is 5.32 Å². The van der Waals surface area contributed by atoms with Crippen LogP contribution in [-0.2, 0) is 9.59 Å². The first-order valence-corrected chi connectivity index (χ1v) is 10.6. The lowest BCUT2D eigenvalue weighted by molar-refractivity contribution is -0.119. The van der Waals surface area contributed by atoms with Crippen LogP contribution in [0.15, 0.2) is 47.6 Å². The molecule has 0 saturated carbocycles. The van der Waals surface area contributed by atoms with Crippen LogP contribution in [-0.4, -0.2) is 34.6 Å². The van der Waals surface area contributed by atoms with Crippen LogP contribution in [0.1, 0.15) is 24.2 Å². The Kier molecular flexibility index (Phi) is 7.02. The normalized spacial score (nSPS) is 17.3. The van der Waals surface area contributed by atoms with Crippen molar-refractivity contribution >= 4 is 69.1 Å². The maximum atomic E-state index is 12.6. The second-order valence-corrected chi connectivity index (χ2v) is 8.60. The van der Waals surface area contributed by atoms with Crippen LogP contribution in [0.2, 0.25) is 10.0 Å². The second-order valence-electron chi connectivity index (χ2n) is 6.44. The number of ketones is 1. The highest BCUT2D eigenvalue weighted by Gasteiger charge is 2.36. The van der Waals surface area contributed by atoms with E-state index in [1.807, 2.05) is 0 Å². The molecule has 1 atom stereocenters. The molecule has 0 bridgehead atoms. The maximum absolute atomic E-state index is 12.6.